The molecule has 3 aromatic rings. The number of hydrogen-bond acceptors (Lipinski definition) is 6. The third-order valence-electron chi connectivity index (χ3n) is 4.08. The van der Waals surface area contributed by atoms with E-state index in [0.717, 1.165) is 17.2 Å². The van der Waals surface area contributed by atoms with E-state index in [9.17, 15) is 4.79 Å². The summed E-state index contributed by atoms with van der Waals surface area (Å²) in [6.07, 6.45) is 1.59. The van der Waals surface area contributed by atoms with E-state index in [4.69, 9.17) is 14.2 Å². The molecule has 7 heteroatoms. The second-order valence-electron chi connectivity index (χ2n) is 6.07. The van der Waals surface area contributed by atoms with Crippen molar-refractivity contribution in [3.05, 3.63) is 72.4 Å². The van der Waals surface area contributed by atoms with Gasteiger partial charge in [-0.25, -0.2) is 4.98 Å². The SMILES string of the molecule is COc1ccc(OCCNC(=O)c2ccnc(Nc3cccc(OC)c3)c2)cc1. The van der Waals surface area contributed by atoms with E-state index in [1.54, 1.807) is 32.5 Å². The first-order chi connectivity index (χ1) is 14.2. The summed E-state index contributed by atoms with van der Waals surface area (Å²) in [5.74, 6) is 2.59. The monoisotopic (exact) mass is 393 g/mol. The fraction of sp³-hybridized carbons (Fsp3) is 0.182. The van der Waals surface area contributed by atoms with Gasteiger partial charge in [0.1, 0.15) is 29.7 Å². The van der Waals surface area contributed by atoms with Crippen LogP contribution in [0.2, 0.25) is 0 Å². The summed E-state index contributed by atoms with van der Waals surface area (Å²) in [6, 6.07) is 18.1. The summed E-state index contributed by atoms with van der Waals surface area (Å²) in [6.45, 7) is 0.740. The summed E-state index contributed by atoms with van der Waals surface area (Å²) in [7, 11) is 3.23. The number of nitrogens with one attached hydrogen (secondary N) is 2. The number of aromatic nitrogens is 1. The number of hydrogen-bond donors (Lipinski definition) is 2. The van der Waals surface area contributed by atoms with E-state index in [0.29, 0.717) is 30.3 Å². The molecule has 0 saturated carbocycles. The zero-order chi connectivity index (χ0) is 20.5. The number of pyridine rings is 1. The Morgan fingerprint density at radius 2 is 1.69 bits per heavy atom. The van der Waals surface area contributed by atoms with Gasteiger partial charge in [-0.1, -0.05) is 6.07 Å². The molecule has 150 valence electrons. The van der Waals surface area contributed by atoms with Gasteiger partial charge < -0.3 is 24.8 Å². The van der Waals surface area contributed by atoms with Crippen molar-refractivity contribution in [1.29, 1.82) is 0 Å². The average Bonchev–Trinajstić information content (AvgIpc) is 2.77. The van der Waals surface area contributed by atoms with E-state index in [1.807, 2.05) is 48.5 Å². The Morgan fingerprint density at radius 3 is 2.45 bits per heavy atom. The first-order valence-corrected chi connectivity index (χ1v) is 9.10. The van der Waals surface area contributed by atoms with Gasteiger partial charge in [-0.2, -0.15) is 0 Å². The van der Waals surface area contributed by atoms with Crippen molar-refractivity contribution in [3.63, 3.8) is 0 Å². The van der Waals surface area contributed by atoms with Crippen LogP contribution < -0.4 is 24.8 Å². The summed E-state index contributed by atoms with van der Waals surface area (Å²) in [5, 5.41) is 6.00. The zero-order valence-corrected chi connectivity index (χ0v) is 16.3. The number of amides is 1. The Labute approximate surface area is 169 Å². The summed E-state index contributed by atoms with van der Waals surface area (Å²) in [4.78, 5) is 16.6. The molecule has 0 aliphatic heterocycles. The molecule has 2 aromatic carbocycles. The van der Waals surface area contributed by atoms with Crippen LogP contribution in [0.3, 0.4) is 0 Å². The molecular formula is C22H23N3O4. The maximum Gasteiger partial charge on any atom is 0.251 e. The third-order valence-corrected chi connectivity index (χ3v) is 4.08. The summed E-state index contributed by atoms with van der Waals surface area (Å²) >= 11 is 0. The van der Waals surface area contributed by atoms with Crippen LogP contribution in [0.4, 0.5) is 11.5 Å². The molecular weight excluding hydrogens is 370 g/mol. The Hall–Kier alpha value is -3.74. The van der Waals surface area contributed by atoms with Crippen LogP contribution in [0, 0.1) is 0 Å². The summed E-state index contributed by atoms with van der Waals surface area (Å²) < 4.78 is 15.9. The van der Waals surface area contributed by atoms with Crippen LogP contribution >= 0.6 is 0 Å². The van der Waals surface area contributed by atoms with Gasteiger partial charge in [-0.05, 0) is 48.5 Å². The zero-order valence-electron chi connectivity index (χ0n) is 16.3. The van der Waals surface area contributed by atoms with Gasteiger partial charge in [-0.15, -0.1) is 0 Å². The molecule has 1 aromatic heterocycles. The highest BCUT2D eigenvalue weighted by Crippen LogP contribution is 2.20. The van der Waals surface area contributed by atoms with Crippen LogP contribution in [0.1, 0.15) is 10.4 Å². The van der Waals surface area contributed by atoms with Crippen molar-refractivity contribution in [2.45, 2.75) is 0 Å². The maximum absolute atomic E-state index is 12.4. The third kappa shape index (κ3) is 5.87. The van der Waals surface area contributed by atoms with Crippen LogP contribution in [-0.2, 0) is 0 Å². The van der Waals surface area contributed by atoms with Crippen molar-refractivity contribution >= 4 is 17.4 Å². The predicted octanol–water partition coefficient (Wildman–Crippen LogP) is 3.65. The van der Waals surface area contributed by atoms with Gasteiger partial charge in [0.15, 0.2) is 0 Å². The van der Waals surface area contributed by atoms with E-state index in [1.165, 1.54) is 0 Å². The van der Waals surface area contributed by atoms with Crippen LogP contribution in [-0.4, -0.2) is 38.3 Å². The molecule has 3 rings (SSSR count). The van der Waals surface area contributed by atoms with E-state index in [-0.39, 0.29) is 5.91 Å². The number of carbonyl (C=O) groups is 1. The number of nitrogens with zero attached hydrogens (tertiary/aromatic N) is 1. The number of carbonyl (C=O) groups excluding carboxylic acids is 1. The minimum absolute atomic E-state index is 0.195. The van der Waals surface area contributed by atoms with Gasteiger partial charge in [-0.3, -0.25) is 4.79 Å². The van der Waals surface area contributed by atoms with Crippen LogP contribution in [0.5, 0.6) is 17.2 Å². The van der Waals surface area contributed by atoms with Crippen molar-refractivity contribution in [1.82, 2.24) is 10.3 Å². The normalized spacial score (nSPS) is 10.1. The number of anilines is 2. The molecule has 29 heavy (non-hydrogen) atoms. The molecule has 0 bridgehead atoms. The quantitative estimate of drug-likeness (QED) is 0.540. The van der Waals surface area contributed by atoms with Crippen molar-refractivity contribution in [3.8, 4) is 17.2 Å². The van der Waals surface area contributed by atoms with Gasteiger partial charge in [0.2, 0.25) is 0 Å². The Balaban J connectivity index is 1.50. The van der Waals surface area contributed by atoms with Gasteiger partial charge in [0.25, 0.3) is 5.91 Å². The summed E-state index contributed by atoms with van der Waals surface area (Å²) in [5.41, 5.74) is 1.33. The molecule has 0 aliphatic rings. The van der Waals surface area contributed by atoms with E-state index in [2.05, 4.69) is 15.6 Å². The molecule has 0 saturated heterocycles. The smallest absolute Gasteiger partial charge is 0.251 e. The molecule has 7 nitrogen and oxygen atoms in total. The second-order valence-corrected chi connectivity index (χ2v) is 6.07. The van der Waals surface area contributed by atoms with E-state index < -0.39 is 0 Å². The highest BCUT2D eigenvalue weighted by Gasteiger charge is 2.07. The molecule has 2 N–H and O–H groups in total. The Bertz CT molecular complexity index is 945. The lowest BCUT2D eigenvalue weighted by Crippen LogP contribution is -2.28. The van der Waals surface area contributed by atoms with Crippen molar-refractivity contribution in [2.75, 3.05) is 32.7 Å². The number of methoxy groups -OCH3 is 2. The Kier molecular flexibility index (Phi) is 6.89. The van der Waals surface area contributed by atoms with Crippen molar-refractivity contribution in [2.24, 2.45) is 0 Å². The predicted molar refractivity (Wildman–Crippen MR) is 111 cm³/mol. The topological polar surface area (TPSA) is 81.7 Å². The molecule has 0 aliphatic carbocycles. The maximum atomic E-state index is 12.4. The lowest BCUT2D eigenvalue weighted by molar-refractivity contribution is 0.0947. The molecule has 1 heterocycles. The first kappa shape index (κ1) is 20.0. The molecule has 1 amide bonds. The minimum Gasteiger partial charge on any atom is -0.497 e. The van der Waals surface area contributed by atoms with Crippen LogP contribution in [0.25, 0.3) is 0 Å². The van der Waals surface area contributed by atoms with Gasteiger partial charge in [0.05, 0.1) is 20.8 Å². The molecule has 0 fully saturated rings. The van der Waals surface area contributed by atoms with Crippen molar-refractivity contribution < 1.29 is 19.0 Å². The number of benzene rings is 2. The average molecular weight is 393 g/mol. The van der Waals surface area contributed by atoms with Crippen LogP contribution in [0.15, 0.2) is 66.9 Å². The highest BCUT2D eigenvalue weighted by atomic mass is 16.5. The molecule has 0 radical (unpaired) electrons. The van der Waals surface area contributed by atoms with Gasteiger partial charge in [0, 0.05) is 23.5 Å². The largest absolute Gasteiger partial charge is 0.497 e. The number of ether oxygens (including phenoxy) is 3. The van der Waals surface area contributed by atoms with Gasteiger partial charge >= 0.3 is 0 Å². The molecule has 0 atom stereocenters. The Morgan fingerprint density at radius 1 is 0.931 bits per heavy atom. The number of rotatable bonds is 9. The lowest BCUT2D eigenvalue weighted by Gasteiger charge is -2.10. The minimum atomic E-state index is -0.195. The second kappa shape index (κ2) is 9.98. The fourth-order valence-electron chi connectivity index (χ4n) is 2.60. The standard InChI is InChI=1S/C22H23N3O4/c1-27-18-6-8-19(9-7-18)29-13-12-24-22(26)16-10-11-23-21(14-16)25-17-4-3-5-20(15-17)28-2/h3-11,14-15H,12-13H2,1-2H3,(H,23,25)(H,24,26). The fourth-order valence-corrected chi connectivity index (χ4v) is 2.60. The lowest BCUT2D eigenvalue weighted by atomic mass is 10.2. The first-order valence-electron chi connectivity index (χ1n) is 9.10. The highest BCUT2D eigenvalue weighted by molar-refractivity contribution is 5.94. The molecule has 0 spiro atoms. The van der Waals surface area contributed by atoms with E-state index >= 15 is 0 Å². The molecule has 0 unspecified atom stereocenters.